The number of pyridine rings is 1. The van der Waals surface area contributed by atoms with Crippen molar-refractivity contribution in [2.24, 2.45) is 10.2 Å². The lowest BCUT2D eigenvalue weighted by Gasteiger charge is -2.02. The number of fused-ring (bicyclic) bond motifs is 1. The fourth-order valence-corrected chi connectivity index (χ4v) is 2.54. The first-order valence-electron chi connectivity index (χ1n) is 6.94. The highest BCUT2D eigenvalue weighted by Crippen LogP contribution is 2.33. The van der Waals surface area contributed by atoms with Gasteiger partial charge < -0.3 is 5.11 Å². The van der Waals surface area contributed by atoms with Crippen molar-refractivity contribution in [3.05, 3.63) is 52.8 Å². The summed E-state index contributed by atoms with van der Waals surface area (Å²) in [4.78, 5) is 4.49. The molecular formula is C16H15BrN4O. The van der Waals surface area contributed by atoms with Crippen LogP contribution in [0.1, 0.15) is 25.5 Å². The maximum atomic E-state index is 9.96. The van der Waals surface area contributed by atoms with Gasteiger partial charge in [0.1, 0.15) is 0 Å². The Morgan fingerprint density at radius 1 is 1.14 bits per heavy atom. The molecule has 0 saturated heterocycles. The van der Waals surface area contributed by atoms with Crippen LogP contribution in [0.25, 0.3) is 5.65 Å². The van der Waals surface area contributed by atoms with E-state index in [9.17, 15) is 5.11 Å². The van der Waals surface area contributed by atoms with E-state index in [-0.39, 0.29) is 11.7 Å². The third kappa shape index (κ3) is 2.62. The van der Waals surface area contributed by atoms with Gasteiger partial charge in [-0.05, 0) is 46.1 Å². The molecule has 3 aromatic rings. The van der Waals surface area contributed by atoms with Gasteiger partial charge in [0.25, 0.3) is 0 Å². The minimum absolute atomic E-state index is 0.131. The number of nitrogens with zero attached hydrogens (tertiary/aromatic N) is 4. The number of azo groups is 1. The summed E-state index contributed by atoms with van der Waals surface area (Å²) in [6, 6.07) is 11.0. The highest BCUT2D eigenvalue weighted by atomic mass is 79.9. The quantitative estimate of drug-likeness (QED) is 0.642. The van der Waals surface area contributed by atoms with Gasteiger partial charge in [-0.25, -0.2) is 4.98 Å². The van der Waals surface area contributed by atoms with Crippen LogP contribution in [0.3, 0.4) is 0 Å². The fraction of sp³-hybridized carbons (Fsp3) is 0.188. The molecule has 0 atom stereocenters. The van der Waals surface area contributed by atoms with E-state index in [1.165, 1.54) is 0 Å². The van der Waals surface area contributed by atoms with Crippen LogP contribution in [0.5, 0.6) is 5.75 Å². The summed E-state index contributed by atoms with van der Waals surface area (Å²) in [5, 5.41) is 18.6. The van der Waals surface area contributed by atoms with Gasteiger partial charge >= 0.3 is 0 Å². The van der Waals surface area contributed by atoms with Gasteiger partial charge in [-0.2, -0.15) is 0 Å². The number of halogens is 1. The molecule has 0 aliphatic carbocycles. The normalized spacial score (nSPS) is 11.8. The number of hydrogen-bond acceptors (Lipinski definition) is 4. The molecule has 3 rings (SSSR count). The van der Waals surface area contributed by atoms with Crippen molar-refractivity contribution in [2.45, 2.75) is 19.8 Å². The van der Waals surface area contributed by atoms with Crippen LogP contribution in [0.2, 0.25) is 0 Å². The Bertz CT molecular complexity index is 854. The van der Waals surface area contributed by atoms with E-state index in [2.05, 4.69) is 31.1 Å². The second-order valence-corrected chi connectivity index (χ2v) is 6.07. The zero-order valence-corrected chi connectivity index (χ0v) is 13.8. The first-order chi connectivity index (χ1) is 10.6. The molecule has 112 valence electrons. The molecule has 0 aliphatic heterocycles. The molecule has 0 unspecified atom stereocenters. The lowest BCUT2D eigenvalue weighted by Crippen LogP contribution is -1.87. The molecule has 1 N–H and O–H groups in total. The zero-order valence-electron chi connectivity index (χ0n) is 12.2. The molecule has 0 fully saturated rings. The number of aromatic hydroxyl groups is 1. The zero-order chi connectivity index (χ0) is 15.7. The van der Waals surface area contributed by atoms with Gasteiger partial charge in [0, 0.05) is 10.7 Å². The molecule has 6 heteroatoms. The second-order valence-electron chi connectivity index (χ2n) is 5.21. The van der Waals surface area contributed by atoms with Crippen LogP contribution in [0, 0.1) is 0 Å². The summed E-state index contributed by atoms with van der Waals surface area (Å²) in [5.74, 6) is 0.941. The number of imidazole rings is 1. The van der Waals surface area contributed by atoms with E-state index < -0.39 is 0 Å². The van der Waals surface area contributed by atoms with E-state index in [4.69, 9.17) is 0 Å². The van der Waals surface area contributed by atoms with Crippen LogP contribution in [-0.2, 0) is 0 Å². The van der Waals surface area contributed by atoms with E-state index in [1.54, 1.807) is 16.5 Å². The Morgan fingerprint density at radius 3 is 2.64 bits per heavy atom. The van der Waals surface area contributed by atoms with Crippen LogP contribution >= 0.6 is 15.9 Å². The van der Waals surface area contributed by atoms with Crippen molar-refractivity contribution in [3.8, 4) is 5.75 Å². The number of rotatable bonds is 3. The minimum Gasteiger partial charge on any atom is -0.504 e. The summed E-state index contributed by atoms with van der Waals surface area (Å²) in [7, 11) is 0. The first kappa shape index (κ1) is 14.7. The monoisotopic (exact) mass is 358 g/mol. The summed E-state index contributed by atoms with van der Waals surface area (Å²) in [5.41, 5.74) is 2.04. The molecule has 0 spiro atoms. The molecule has 0 amide bonds. The Balaban J connectivity index is 2.15. The summed E-state index contributed by atoms with van der Waals surface area (Å²) >= 11 is 3.45. The van der Waals surface area contributed by atoms with Crippen LogP contribution in [0.15, 0.2) is 57.3 Å². The van der Waals surface area contributed by atoms with Gasteiger partial charge in [-0.3, -0.25) is 4.40 Å². The van der Waals surface area contributed by atoms with Gasteiger partial charge in [0.05, 0.1) is 11.4 Å². The number of hydrogen-bond donors (Lipinski definition) is 1. The lowest BCUT2D eigenvalue weighted by molar-refractivity contribution is 0.477. The largest absolute Gasteiger partial charge is 0.504 e. The smallest absolute Gasteiger partial charge is 0.183 e. The molecule has 0 aliphatic rings. The molecule has 2 heterocycles. The van der Waals surface area contributed by atoms with Crippen molar-refractivity contribution >= 4 is 33.1 Å². The maximum absolute atomic E-state index is 9.96. The van der Waals surface area contributed by atoms with E-state index in [0.717, 1.165) is 15.9 Å². The number of aromatic nitrogens is 2. The van der Waals surface area contributed by atoms with Gasteiger partial charge in [-0.15, -0.1) is 10.2 Å². The van der Waals surface area contributed by atoms with E-state index in [0.29, 0.717) is 11.5 Å². The van der Waals surface area contributed by atoms with Crippen LogP contribution < -0.4 is 0 Å². The predicted molar refractivity (Wildman–Crippen MR) is 89.3 cm³/mol. The second kappa shape index (κ2) is 5.88. The van der Waals surface area contributed by atoms with Crippen molar-refractivity contribution in [3.63, 3.8) is 0 Å². The van der Waals surface area contributed by atoms with Gasteiger partial charge in [0.2, 0.25) is 0 Å². The Kier molecular flexibility index (Phi) is 3.94. The number of benzene rings is 1. The average molecular weight is 359 g/mol. The SMILES string of the molecule is CC(C)c1nc2c(O)cccn2c1N=Nc1ccccc1Br. The molecule has 0 bridgehead atoms. The third-order valence-electron chi connectivity index (χ3n) is 3.28. The van der Waals surface area contributed by atoms with E-state index >= 15 is 0 Å². The molecule has 0 saturated carbocycles. The molecular weight excluding hydrogens is 344 g/mol. The fourth-order valence-electron chi connectivity index (χ4n) is 2.18. The highest BCUT2D eigenvalue weighted by molar-refractivity contribution is 9.10. The highest BCUT2D eigenvalue weighted by Gasteiger charge is 2.16. The molecule has 0 radical (unpaired) electrons. The summed E-state index contributed by atoms with van der Waals surface area (Å²) < 4.78 is 2.63. The molecule has 22 heavy (non-hydrogen) atoms. The van der Waals surface area contributed by atoms with Crippen LogP contribution in [-0.4, -0.2) is 14.5 Å². The Morgan fingerprint density at radius 2 is 1.91 bits per heavy atom. The van der Waals surface area contributed by atoms with Crippen LogP contribution in [0.4, 0.5) is 11.5 Å². The van der Waals surface area contributed by atoms with Gasteiger partial charge in [0.15, 0.2) is 17.2 Å². The molecule has 2 aromatic heterocycles. The van der Waals surface area contributed by atoms with Gasteiger partial charge in [-0.1, -0.05) is 26.0 Å². The topological polar surface area (TPSA) is 62.2 Å². The summed E-state index contributed by atoms with van der Waals surface area (Å²) in [6.45, 7) is 4.08. The van der Waals surface area contributed by atoms with Crippen molar-refractivity contribution < 1.29 is 5.11 Å². The average Bonchev–Trinajstić information content (AvgIpc) is 2.87. The van der Waals surface area contributed by atoms with Crippen molar-refractivity contribution in [2.75, 3.05) is 0 Å². The first-order valence-corrected chi connectivity index (χ1v) is 7.73. The maximum Gasteiger partial charge on any atom is 0.183 e. The standard InChI is InChI=1S/C16H15BrN4O/c1-10(2)14-16(20-19-12-7-4-3-6-11(12)17)21-9-5-8-13(22)15(21)18-14/h3-10,22H,1-2H3. The third-order valence-corrected chi connectivity index (χ3v) is 3.95. The Labute approximate surface area is 136 Å². The van der Waals surface area contributed by atoms with Crippen molar-refractivity contribution in [1.29, 1.82) is 0 Å². The molecule has 1 aromatic carbocycles. The summed E-state index contributed by atoms with van der Waals surface area (Å²) in [6.07, 6.45) is 1.82. The Hall–Kier alpha value is -2.21. The minimum atomic E-state index is 0.131. The van der Waals surface area contributed by atoms with Crippen molar-refractivity contribution in [1.82, 2.24) is 9.38 Å². The van der Waals surface area contributed by atoms with E-state index in [1.807, 2.05) is 44.3 Å². The predicted octanol–water partition coefficient (Wildman–Crippen LogP) is 5.34. The lowest BCUT2D eigenvalue weighted by atomic mass is 10.1. The molecule has 5 nitrogen and oxygen atoms in total.